The number of aliphatic hydroxyl groups excluding tert-OH is 1. The van der Waals surface area contributed by atoms with Gasteiger partial charge in [-0.1, -0.05) is 18.2 Å². The zero-order valence-electron chi connectivity index (χ0n) is 12.2. The summed E-state index contributed by atoms with van der Waals surface area (Å²) < 4.78 is 5.73. The summed E-state index contributed by atoms with van der Waals surface area (Å²) in [6.07, 6.45) is 0.182. The molecule has 1 heterocycles. The van der Waals surface area contributed by atoms with Crippen LogP contribution in [0.25, 0.3) is 11.0 Å². The van der Waals surface area contributed by atoms with Gasteiger partial charge in [0.2, 0.25) is 5.91 Å². The number of para-hydroxylation sites is 1. The van der Waals surface area contributed by atoms with E-state index in [4.69, 9.17) is 4.42 Å². The van der Waals surface area contributed by atoms with Crippen LogP contribution in [0.3, 0.4) is 0 Å². The number of hydrogen-bond donors (Lipinski definition) is 1. The molecule has 0 saturated carbocycles. The van der Waals surface area contributed by atoms with Crippen molar-refractivity contribution in [1.82, 2.24) is 4.90 Å². The molecule has 2 aromatic rings. The smallest absolute Gasteiger partial charge is 0.232 e. The number of nitrogens with zero attached hydrogens (tertiary/aromatic N) is 1. The highest BCUT2D eigenvalue weighted by Crippen LogP contribution is 2.26. The average molecular weight is 275 g/mol. The van der Waals surface area contributed by atoms with Gasteiger partial charge in [-0.2, -0.15) is 0 Å². The second-order valence-corrected chi connectivity index (χ2v) is 5.31. The zero-order chi connectivity index (χ0) is 14.7. The summed E-state index contributed by atoms with van der Waals surface area (Å²) >= 11 is 0. The lowest BCUT2D eigenvalue weighted by Crippen LogP contribution is -2.32. The van der Waals surface area contributed by atoms with Crippen LogP contribution in [0, 0.1) is 0 Å². The van der Waals surface area contributed by atoms with Crippen LogP contribution in [0.2, 0.25) is 0 Å². The first kappa shape index (κ1) is 14.6. The summed E-state index contributed by atoms with van der Waals surface area (Å²) in [4.78, 5) is 14.0. The van der Waals surface area contributed by atoms with Gasteiger partial charge in [-0.05, 0) is 32.4 Å². The summed E-state index contributed by atoms with van der Waals surface area (Å²) in [5.41, 5.74) is 0.800. The van der Waals surface area contributed by atoms with Crippen molar-refractivity contribution in [2.24, 2.45) is 0 Å². The maximum atomic E-state index is 12.3. The molecule has 2 rings (SSSR count). The van der Waals surface area contributed by atoms with Crippen molar-refractivity contribution in [3.63, 3.8) is 0 Å². The lowest BCUT2D eigenvalue weighted by Gasteiger charge is -2.21. The van der Waals surface area contributed by atoms with E-state index in [1.807, 2.05) is 37.3 Å². The third-order valence-corrected chi connectivity index (χ3v) is 3.50. The Hall–Kier alpha value is -1.81. The van der Waals surface area contributed by atoms with Crippen LogP contribution in [0.5, 0.6) is 0 Å². The SMILES string of the molecule is CC(O)CCN(C)C(=O)C(C)c1cc2ccccc2o1. The Bertz CT molecular complexity index is 555. The van der Waals surface area contributed by atoms with Gasteiger partial charge in [0.15, 0.2) is 0 Å². The summed E-state index contributed by atoms with van der Waals surface area (Å²) in [5.74, 6) is 0.367. The fourth-order valence-electron chi connectivity index (χ4n) is 2.16. The second-order valence-electron chi connectivity index (χ2n) is 5.31. The van der Waals surface area contributed by atoms with Crippen molar-refractivity contribution in [2.45, 2.75) is 32.3 Å². The van der Waals surface area contributed by atoms with Crippen LogP contribution < -0.4 is 0 Å². The molecule has 108 valence electrons. The van der Waals surface area contributed by atoms with Gasteiger partial charge in [0, 0.05) is 19.0 Å². The van der Waals surface area contributed by atoms with Crippen molar-refractivity contribution in [3.05, 3.63) is 36.1 Å². The van der Waals surface area contributed by atoms with Gasteiger partial charge in [0.25, 0.3) is 0 Å². The van der Waals surface area contributed by atoms with Crippen molar-refractivity contribution in [3.8, 4) is 0 Å². The molecule has 2 unspecified atom stereocenters. The van der Waals surface area contributed by atoms with Crippen molar-refractivity contribution >= 4 is 16.9 Å². The number of furan rings is 1. The quantitative estimate of drug-likeness (QED) is 0.913. The standard InChI is InChI=1S/C16H21NO3/c1-11(18)8-9-17(3)16(19)12(2)15-10-13-6-4-5-7-14(13)20-15/h4-7,10-12,18H,8-9H2,1-3H3. The topological polar surface area (TPSA) is 53.7 Å². The Balaban J connectivity index is 2.09. The van der Waals surface area contributed by atoms with Gasteiger partial charge in [-0.25, -0.2) is 0 Å². The monoisotopic (exact) mass is 275 g/mol. The predicted molar refractivity (Wildman–Crippen MR) is 78.6 cm³/mol. The lowest BCUT2D eigenvalue weighted by molar-refractivity contribution is -0.131. The van der Waals surface area contributed by atoms with Gasteiger partial charge in [-0.3, -0.25) is 4.79 Å². The van der Waals surface area contributed by atoms with E-state index < -0.39 is 6.10 Å². The van der Waals surface area contributed by atoms with Crippen LogP contribution >= 0.6 is 0 Å². The van der Waals surface area contributed by atoms with Crippen molar-refractivity contribution in [2.75, 3.05) is 13.6 Å². The maximum Gasteiger partial charge on any atom is 0.232 e. The highest BCUT2D eigenvalue weighted by Gasteiger charge is 2.22. The van der Waals surface area contributed by atoms with Crippen LogP contribution in [-0.2, 0) is 4.79 Å². The Morgan fingerprint density at radius 3 is 2.70 bits per heavy atom. The number of rotatable bonds is 5. The summed E-state index contributed by atoms with van der Waals surface area (Å²) in [6.45, 7) is 4.11. The largest absolute Gasteiger partial charge is 0.460 e. The minimum Gasteiger partial charge on any atom is -0.460 e. The summed E-state index contributed by atoms with van der Waals surface area (Å²) in [6, 6.07) is 9.64. The molecule has 1 amide bonds. The van der Waals surface area contributed by atoms with E-state index >= 15 is 0 Å². The molecule has 1 aromatic carbocycles. The number of aliphatic hydroxyl groups is 1. The molecule has 0 saturated heterocycles. The molecule has 0 aliphatic carbocycles. The highest BCUT2D eigenvalue weighted by molar-refractivity contribution is 5.85. The van der Waals surface area contributed by atoms with Crippen LogP contribution in [0.4, 0.5) is 0 Å². The van der Waals surface area contributed by atoms with Crippen molar-refractivity contribution < 1.29 is 14.3 Å². The van der Waals surface area contributed by atoms with Crippen LogP contribution in [-0.4, -0.2) is 35.6 Å². The number of carbonyl (C=O) groups is 1. The maximum absolute atomic E-state index is 12.3. The van der Waals surface area contributed by atoms with E-state index in [0.717, 1.165) is 11.0 Å². The molecule has 0 aliphatic heterocycles. The van der Waals surface area contributed by atoms with Crippen LogP contribution in [0.1, 0.15) is 31.9 Å². The number of fused-ring (bicyclic) bond motifs is 1. The van der Waals surface area contributed by atoms with E-state index in [0.29, 0.717) is 18.7 Å². The fraction of sp³-hybridized carbons (Fsp3) is 0.438. The predicted octanol–water partition coefficient (Wildman–Crippen LogP) is 2.77. The van der Waals surface area contributed by atoms with E-state index in [1.165, 1.54) is 0 Å². The Kier molecular flexibility index (Phi) is 4.45. The third-order valence-electron chi connectivity index (χ3n) is 3.50. The first-order chi connectivity index (χ1) is 9.49. The Morgan fingerprint density at radius 1 is 1.35 bits per heavy atom. The van der Waals surface area contributed by atoms with Gasteiger partial charge in [0.1, 0.15) is 11.3 Å². The molecule has 0 radical (unpaired) electrons. The van der Waals surface area contributed by atoms with Crippen molar-refractivity contribution in [1.29, 1.82) is 0 Å². The number of hydrogen-bond acceptors (Lipinski definition) is 3. The van der Waals surface area contributed by atoms with Crippen LogP contribution in [0.15, 0.2) is 34.7 Å². The zero-order valence-corrected chi connectivity index (χ0v) is 12.2. The molecule has 1 N–H and O–H groups in total. The normalized spacial score (nSPS) is 14.2. The molecule has 0 bridgehead atoms. The minimum absolute atomic E-state index is 0.00436. The fourth-order valence-corrected chi connectivity index (χ4v) is 2.16. The molecule has 0 aliphatic rings. The average Bonchev–Trinajstić information content (AvgIpc) is 2.86. The van der Waals surface area contributed by atoms with Gasteiger partial charge < -0.3 is 14.4 Å². The van der Waals surface area contributed by atoms with E-state index in [-0.39, 0.29) is 11.8 Å². The molecule has 0 spiro atoms. The molecule has 20 heavy (non-hydrogen) atoms. The molecule has 4 nitrogen and oxygen atoms in total. The molecular formula is C16H21NO3. The Morgan fingerprint density at radius 2 is 2.05 bits per heavy atom. The molecule has 2 atom stereocenters. The molecular weight excluding hydrogens is 254 g/mol. The van der Waals surface area contributed by atoms with E-state index in [1.54, 1.807) is 18.9 Å². The highest BCUT2D eigenvalue weighted by atomic mass is 16.3. The van der Waals surface area contributed by atoms with Gasteiger partial charge in [0.05, 0.1) is 12.0 Å². The van der Waals surface area contributed by atoms with Gasteiger partial charge >= 0.3 is 0 Å². The first-order valence-corrected chi connectivity index (χ1v) is 6.90. The number of carbonyl (C=O) groups excluding carboxylic acids is 1. The van der Waals surface area contributed by atoms with E-state index in [2.05, 4.69) is 0 Å². The first-order valence-electron chi connectivity index (χ1n) is 6.90. The number of amides is 1. The molecule has 1 aromatic heterocycles. The van der Waals surface area contributed by atoms with Gasteiger partial charge in [-0.15, -0.1) is 0 Å². The molecule has 4 heteroatoms. The minimum atomic E-state index is -0.397. The number of likely N-dealkylation sites (N-methyl/N-ethyl adjacent to an activating group) is 1. The second kappa shape index (κ2) is 6.09. The summed E-state index contributed by atoms with van der Waals surface area (Å²) in [5, 5.41) is 10.3. The lowest BCUT2D eigenvalue weighted by atomic mass is 10.1. The molecule has 0 fully saturated rings. The number of benzene rings is 1. The third kappa shape index (κ3) is 3.20. The summed E-state index contributed by atoms with van der Waals surface area (Å²) in [7, 11) is 1.75. The van der Waals surface area contributed by atoms with E-state index in [9.17, 15) is 9.90 Å². The Labute approximate surface area is 119 Å².